The monoisotopic (exact) mass is 241 g/mol. The summed E-state index contributed by atoms with van der Waals surface area (Å²) in [5.74, 6) is -0.152. The zero-order valence-corrected chi connectivity index (χ0v) is 8.81. The molecule has 0 N–H and O–H groups in total. The Morgan fingerprint density at radius 2 is 2.31 bits per heavy atom. The van der Waals surface area contributed by atoms with Gasteiger partial charge in [0.25, 0.3) is 0 Å². The molecule has 0 bridgehead atoms. The Kier molecular flexibility index (Phi) is 3.44. The molecular weight excluding hydrogens is 233 g/mol. The molecule has 3 heteroatoms. The average molecular weight is 242 g/mol. The van der Waals surface area contributed by atoms with Gasteiger partial charge in [-0.3, -0.25) is 0 Å². The Bertz CT molecular complexity index is 343. The number of rotatable bonds is 2. The van der Waals surface area contributed by atoms with E-state index in [0.29, 0.717) is 5.92 Å². The third-order valence-electron chi connectivity index (χ3n) is 1.91. The van der Waals surface area contributed by atoms with Gasteiger partial charge in [0.15, 0.2) is 0 Å². The van der Waals surface area contributed by atoms with Crippen LogP contribution in [0, 0.1) is 17.1 Å². The molecule has 0 aliphatic heterocycles. The molecule has 0 radical (unpaired) electrons. The second kappa shape index (κ2) is 4.38. The van der Waals surface area contributed by atoms with Crippen molar-refractivity contribution in [3.8, 4) is 6.07 Å². The van der Waals surface area contributed by atoms with Crippen LogP contribution in [-0.4, -0.2) is 5.33 Å². The molecule has 13 heavy (non-hydrogen) atoms. The lowest BCUT2D eigenvalue weighted by molar-refractivity contribution is 0.622. The highest BCUT2D eigenvalue weighted by Gasteiger charge is 2.07. The molecule has 1 unspecified atom stereocenters. The van der Waals surface area contributed by atoms with E-state index in [-0.39, 0.29) is 5.56 Å². The maximum Gasteiger partial charge on any atom is 0.140 e. The summed E-state index contributed by atoms with van der Waals surface area (Å²) in [5.41, 5.74) is 1.10. The minimum absolute atomic E-state index is 0.116. The van der Waals surface area contributed by atoms with Crippen molar-refractivity contribution in [1.82, 2.24) is 0 Å². The van der Waals surface area contributed by atoms with Gasteiger partial charge in [-0.05, 0) is 23.6 Å². The molecule has 0 spiro atoms. The highest BCUT2D eigenvalue weighted by Crippen LogP contribution is 2.19. The van der Waals surface area contributed by atoms with Crippen LogP contribution in [-0.2, 0) is 0 Å². The number of halogens is 2. The summed E-state index contributed by atoms with van der Waals surface area (Å²) in [6, 6.07) is 6.47. The zero-order valence-electron chi connectivity index (χ0n) is 7.22. The van der Waals surface area contributed by atoms with E-state index >= 15 is 0 Å². The zero-order chi connectivity index (χ0) is 9.84. The van der Waals surface area contributed by atoms with Crippen LogP contribution in [0.4, 0.5) is 4.39 Å². The molecule has 1 aromatic rings. The van der Waals surface area contributed by atoms with Crippen LogP contribution in [0.25, 0.3) is 0 Å². The van der Waals surface area contributed by atoms with Crippen molar-refractivity contribution in [3.05, 3.63) is 35.1 Å². The number of hydrogen-bond donors (Lipinski definition) is 0. The number of nitrogens with zero attached hydrogens (tertiary/aromatic N) is 1. The first-order valence-corrected chi connectivity index (χ1v) is 5.06. The standard InChI is InChI=1S/C10H9BrFN/c1-7(5-11)8-2-3-10(12)9(4-8)6-13/h2-4,7H,5H2,1H3. The third-order valence-corrected chi connectivity index (χ3v) is 2.88. The smallest absolute Gasteiger partial charge is 0.140 e. The first-order valence-electron chi connectivity index (χ1n) is 3.94. The van der Waals surface area contributed by atoms with Crippen molar-refractivity contribution >= 4 is 15.9 Å². The molecule has 0 saturated heterocycles. The van der Waals surface area contributed by atoms with Gasteiger partial charge in [-0.2, -0.15) is 5.26 Å². The van der Waals surface area contributed by atoms with E-state index in [0.717, 1.165) is 10.9 Å². The Labute approximate surface area is 85.3 Å². The fraction of sp³-hybridized carbons (Fsp3) is 0.300. The van der Waals surface area contributed by atoms with E-state index < -0.39 is 5.82 Å². The fourth-order valence-corrected chi connectivity index (χ4v) is 1.40. The molecule has 0 aromatic heterocycles. The van der Waals surface area contributed by atoms with Gasteiger partial charge in [-0.1, -0.05) is 28.9 Å². The Morgan fingerprint density at radius 1 is 1.62 bits per heavy atom. The van der Waals surface area contributed by atoms with Crippen molar-refractivity contribution in [2.75, 3.05) is 5.33 Å². The summed E-state index contributed by atoms with van der Waals surface area (Å²) in [4.78, 5) is 0. The quantitative estimate of drug-likeness (QED) is 0.730. The Morgan fingerprint density at radius 3 is 2.85 bits per heavy atom. The molecule has 1 rings (SSSR count). The lowest BCUT2D eigenvalue weighted by Crippen LogP contribution is -1.96. The molecule has 0 heterocycles. The van der Waals surface area contributed by atoms with E-state index in [9.17, 15) is 4.39 Å². The highest BCUT2D eigenvalue weighted by atomic mass is 79.9. The molecule has 1 atom stereocenters. The number of hydrogen-bond acceptors (Lipinski definition) is 1. The van der Waals surface area contributed by atoms with Gasteiger partial charge >= 0.3 is 0 Å². The summed E-state index contributed by atoms with van der Waals surface area (Å²) >= 11 is 3.34. The van der Waals surface area contributed by atoms with Gasteiger partial charge in [-0.15, -0.1) is 0 Å². The molecule has 0 saturated carbocycles. The summed E-state index contributed by atoms with van der Waals surface area (Å²) in [5, 5.41) is 9.40. The van der Waals surface area contributed by atoms with Crippen molar-refractivity contribution in [1.29, 1.82) is 5.26 Å². The SMILES string of the molecule is CC(CBr)c1ccc(F)c(C#N)c1. The van der Waals surface area contributed by atoms with Gasteiger partial charge < -0.3 is 0 Å². The number of nitriles is 1. The van der Waals surface area contributed by atoms with Crippen LogP contribution < -0.4 is 0 Å². The maximum absolute atomic E-state index is 12.9. The lowest BCUT2D eigenvalue weighted by Gasteiger charge is -2.07. The van der Waals surface area contributed by atoms with Crippen molar-refractivity contribution in [2.24, 2.45) is 0 Å². The first-order chi connectivity index (χ1) is 6.19. The van der Waals surface area contributed by atoms with Crippen molar-refractivity contribution < 1.29 is 4.39 Å². The average Bonchev–Trinajstić information content (AvgIpc) is 2.17. The normalized spacial score (nSPS) is 12.2. The van der Waals surface area contributed by atoms with Gasteiger partial charge in [0.05, 0.1) is 5.56 Å². The van der Waals surface area contributed by atoms with Crippen LogP contribution in [0.2, 0.25) is 0 Å². The molecule has 68 valence electrons. The second-order valence-corrected chi connectivity index (χ2v) is 3.55. The van der Waals surface area contributed by atoms with Gasteiger partial charge in [-0.25, -0.2) is 4.39 Å². The minimum atomic E-state index is -0.451. The van der Waals surface area contributed by atoms with Crippen LogP contribution in [0.15, 0.2) is 18.2 Å². The van der Waals surface area contributed by atoms with E-state index in [1.54, 1.807) is 12.1 Å². The molecule has 0 aliphatic rings. The van der Waals surface area contributed by atoms with Crippen LogP contribution >= 0.6 is 15.9 Å². The second-order valence-electron chi connectivity index (χ2n) is 2.91. The van der Waals surface area contributed by atoms with E-state index in [1.807, 2.05) is 13.0 Å². The van der Waals surface area contributed by atoms with Crippen molar-refractivity contribution in [3.63, 3.8) is 0 Å². The highest BCUT2D eigenvalue weighted by molar-refractivity contribution is 9.09. The number of alkyl halides is 1. The topological polar surface area (TPSA) is 23.8 Å². The van der Waals surface area contributed by atoms with E-state index in [2.05, 4.69) is 15.9 Å². The summed E-state index contributed by atoms with van der Waals surface area (Å²) < 4.78 is 12.9. The van der Waals surface area contributed by atoms with Crippen LogP contribution in [0.5, 0.6) is 0 Å². The summed E-state index contributed by atoms with van der Waals surface area (Å²) in [6.45, 7) is 2.02. The van der Waals surface area contributed by atoms with Crippen molar-refractivity contribution in [2.45, 2.75) is 12.8 Å². The minimum Gasteiger partial charge on any atom is -0.206 e. The molecule has 0 amide bonds. The van der Waals surface area contributed by atoms with E-state index in [1.165, 1.54) is 6.07 Å². The predicted molar refractivity (Wildman–Crippen MR) is 53.3 cm³/mol. The fourth-order valence-electron chi connectivity index (χ4n) is 1.02. The van der Waals surface area contributed by atoms with Gasteiger partial charge in [0, 0.05) is 5.33 Å². The van der Waals surface area contributed by atoms with E-state index in [4.69, 9.17) is 5.26 Å². The van der Waals surface area contributed by atoms with Crippen LogP contribution in [0.3, 0.4) is 0 Å². The molecule has 0 aliphatic carbocycles. The van der Waals surface area contributed by atoms with Gasteiger partial charge in [0.2, 0.25) is 0 Å². The lowest BCUT2D eigenvalue weighted by atomic mass is 10.0. The predicted octanol–water partition coefficient (Wildman–Crippen LogP) is 3.20. The largest absolute Gasteiger partial charge is 0.206 e. The number of benzene rings is 1. The molecule has 1 aromatic carbocycles. The van der Waals surface area contributed by atoms with Gasteiger partial charge in [0.1, 0.15) is 11.9 Å². The Balaban J connectivity index is 3.08. The molecule has 1 nitrogen and oxygen atoms in total. The third kappa shape index (κ3) is 2.28. The Hall–Kier alpha value is -0.880. The molecular formula is C10H9BrFN. The first kappa shape index (κ1) is 10.2. The summed E-state index contributed by atoms with van der Waals surface area (Å²) in [6.07, 6.45) is 0. The maximum atomic E-state index is 12.9. The molecule has 0 fully saturated rings. The van der Waals surface area contributed by atoms with Crippen LogP contribution in [0.1, 0.15) is 24.0 Å². The summed E-state index contributed by atoms with van der Waals surface area (Å²) in [7, 11) is 0.